The van der Waals surface area contributed by atoms with E-state index >= 15 is 0 Å². The number of carbonyl (C=O) groups excluding carboxylic acids is 4. The first-order valence-electron chi connectivity index (χ1n) is 20.5. The van der Waals surface area contributed by atoms with Crippen LogP contribution in [0.25, 0.3) is 0 Å². The summed E-state index contributed by atoms with van der Waals surface area (Å²) in [4.78, 5) is 47.8. The lowest BCUT2D eigenvalue weighted by atomic mass is 10.1. The number of benzene rings is 3. The zero-order chi connectivity index (χ0) is 41.6. The Balaban J connectivity index is 1.29. The summed E-state index contributed by atoms with van der Waals surface area (Å²) in [5.41, 5.74) is 0.708. The predicted molar refractivity (Wildman–Crippen MR) is 223 cm³/mol. The average Bonchev–Trinajstić information content (AvgIpc) is 3.24. The molecule has 0 N–H and O–H groups in total. The van der Waals surface area contributed by atoms with Gasteiger partial charge < -0.3 is 33.2 Å². The van der Waals surface area contributed by atoms with Gasteiger partial charge in [0.2, 0.25) is 0 Å². The van der Waals surface area contributed by atoms with Crippen molar-refractivity contribution in [3.05, 3.63) is 103 Å². The summed E-state index contributed by atoms with van der Waals surface area (Å²) in [6.45, 7) is 8.87. The van der Waals surface area contributed by atoms with E-state index in [9.17, 15) is 19.2 Å². The lowest BCUT2D eigenvalue weighted by molar-refractivity contribution is -0.138. The molecule has 0 bridgehead atoms. The van der Waals surface area contributed by atoms with Crippen molar-refractivity contribution in [2.24, 2.45) is 0 Å². The van der Waals surface area contributed by atoms with Gasteiger partial charge in [0.25, 0.3) is 0 Å². The number of hydrogen-bond acceptors (Lipinski definition) is 11. The van der Waals surface area contributed by atoms with E-state index in [4.69, 9.17) is 33.2 Å². The number of carbonyl (C=O) groups is 4. The van der Waals surface area contributed by atoms with Crippen LogP contribution in [0.5, 0.6) is 28.7 Å². The molecule has 314 valence electrons. The number of rotatable bonds is 31. The fourth-order valence-corrected chi connectivity index (χ4v) is 5.87. The van der Waals surface area contributed by atoms with Crippen molar-refractivity contribution < 1.29 is 52.3 Å². The Hall–Kier alpha value is -5.58. The minimum atomic E-state index is -0.566. The van der Waals surface area contributed by atoms with E-state index in [1.807, 2.05) is 0 Å². The van der Waals surface area contributed by atoms with Gasteiger partial charge in [0, 0.05) is 18.2 Å². The number of unbranched alkanes of at least 4 members (excludes halogenated alkanes) is 14. The first-order valence-corrected chi connectivity index (χ1v) is 20.5. The summed E-state index contributed by atoms with van der Waals surface area (Å²) in [5.74, 6) is 0.160. The largest absolute Gasteiger partial charge is 0.494 e. The van der Waals surface area contributed by atoms with E-state index < -0.39 is 11.9 Å². The average molecular weight is 801 g/mol. The van der Waals surface area contributed by atoms with Gasteiger partial charge in [-0.2, -0.15) is 0 Å². The topological polar surface area (TPSA) is 133 Å². The Bertz CT molecular complexity index is 1680. The molecule has 3 aromatic rings. The van der Waals surface area contributed by atoms with Crippen molar-refractivity contribution in [2.45, 2.75) is 103 Å². The molecule has 58 heavy (non-hydrogen) atoms. The summed E-state index contributed by atoms with van der Waals surface area (Å²) in [6.07, 6.45) is 19.5. The van der Waals surface area contributed by atoms with Gasteiger partial charge in [0.15, 0.2) is 11.5 Å². The zero-order valence-electron chi connectivity index (χ0n) is 34.1. The van der Waals surface area contributed by atoms with E-state index in [-0.39, 0.29) is 29.2 Å². The highest BCUT2D eigenvalue weighted by molar-refractivity contribution is 5.92. The van der Waals surface area contributed by atoms with Crippen molar-refractivity contribution >= 4 is 23.9 Å². The molecule has 11 nitrogen and oxygen atoms in total. The molecule has 0 heterocycles. The second-order valence-electron chi connectivity index (χ2n) is 13.7. The van der Waals surface area contributed by atoms with Crippen LogP contribution in [-0.4, -0.2) is 57.4 Å². The fraction of sp³-hybridized carbons (Fsp3) is 0.447. The van der Waals surface area contributed by atoms with Crippen molar-refractivity contribution in [1.29, 1.82) is 0 Å². The first kappa shape index (κ1) is 46.8. The van der Waals surface area contributed by atoms with Gasteiger partial charge in [-0.1, -0.05) is 90.2 Å². The Labute approximate surface area is 343 Å². The van der Waals surface area contributed by atoms with E-state index in [1.165, 1.54) is 50.3 Å². The van der Waals surface area contributed by atoms with Crippen LogP contribution in [0.1, 0.15) is 123 Å². The van der Waals surface area contributed by atoms with Gasteiger partial charge >= 0.3 is 23.9 Å². The van der Waals surface area contributed by atoms with Crippen molar-refractivity contribution in [3.63, 3.8) is 0 Å². The van der Waals surface area contributed by atoms with Crippen LogP contribution in [0.4, 0.5) is 0 Å². The van der Waals surface area contributed by atoms with Crippen molar-refractivity contribution in [2.75, 3.05) is 33.5 Å². The summed E-state index contributed by atoms with van der Waals surface area (Å²) in [6, 6.07) is 18.1. The number of esters is 4. The molecule has 0 unspecified atom stereocenters. The first-order chi connectivity index (χ1) is 28.3. The molecule has 0 saturated heterocycles. The molecule has 0 aliphatic heterocycles. The Morgan fingerprint density at radius 1 is 0.448 bits per heavy atom. The summed E-state index contributed by atoms with van der Waals surface area (Å²) < 4.78 is 38.2. The molecular formula is C47H60O11. The van der Waals surface area contributed by atoms with E-state index in [0.29, 0.717) is 49.1 Å². The highest BCUT2D eigenvalue weighted by Crippen LogP contribution is 2.32. The third kappa shape index (κ3) is 19.5. The van der Waals surface area contributed by atoms with Gasteiger partial charge in [-0.15, -0.1) is 0 Å². The molecular weight excluding hydrogens is 741 g/mol. The van der Waals surface area contributed by atoms with Gasteiger partial charge in [0.1, 0.15) is 17.2 Å². The molecule has 0 aliphatic carbocycles. The van der Waals surface area contributed by atoms with Crippen LogP contribution < -0.4 is 23.7 Å². The molecule has 0 atom stereocenters. The maximum Gasteiger partial charge on any atom is 0.343 e. The minimum Gasteiger partial charge on any atom is -0.494 e. The molecule has 0 aromatic heterocycles. The van der Waals surface area contributed by atoms with Crippen molar-refractivity contribution in [1.82, 2.24) is 0 Å². The van der Waals surface area contributed by atoms with Crippen LogP contribution in [0.2, 0.25) is 0 Å². The van der Waals surface area contributed by atoms with E-state index in [1.54, 1.807) is 48.5 Å². The van der Waals surface area contributed by atoms with Crippen LogP contribution in [0.3, 0.4) is 0 Å². The molecule has 0 aliphatic rings. The third-order valence-corrected chi connectivity index (χ3v) is 9.17. The van der Waals surface area contributed by atoms with Gasteiger partial charge in [-0.05, 0) is 86.3 Å². The van der Waals surface area contributed by atoms with Crippen LogP contribution in [0, 0.1) is 0 Å². The molecule has 3 aromatic carbocycles. The maximum atomic E-state index is 12.9. The van der Waals surface area contributed by atoms with Crippen molar-refractivity contribution in [3.8, 4) is 28.7 Å². The Kier molecular flexibility index (Phi) is 23.2. The lowest BCUT2D eigenvalue weighted by Gasteiger charge is -2.12. The SMILES string of the molecule is C=CC(=O)OCCCCCCCCCCOc1ccc(C(=O)Oc2ccc(OC(=O)c3ccc(OCCCCCCCCCCOC(=O)C=C)cc3)c(OC)c2)cc1. The van der Waals surface area contributed by atoms with Gasteiger partial charge in [0.05, 0.1) is 44.7 Å². The lowest BCUT2D eigenvalue weighted by Crippen LogP contribution is -2.10. The molecule has 0 saturated carbocycles. The maximum absolute atomic E-state index is 12.9. The molecule has 11 heteroatoms. The molecule has 3 rings (SSSR count). The Morgan fingerprint density at radius 3 is 1.21 bits per heavy atom. The molecule has 0 amide bonds. The number of methoxy groups -OCH3 is 1. The predicted octanol–water partition coefficient (Wildman–Crippen LogP) is 10.6. The van der Waals surface area contributed by atoms with E-state index in [0.717, 1.165) is 89.9 Å². The quantitative estimate of drug-likeness (QED) is 0.0266. The number of ether oxygens (including phenoxy) is 7. The Morgan fingerprint density at radius 2 is 0.810 bits per heavy atom. The minimum absolute atomic E-state index is 0.184. The van der Waals surface area contributed by atoms with Crippen LogP contribution in [0.15, 0.2) is 92.0 Å². The van der Waals surface area contributed by atoms with E-state index in [2.05, 4.69) is 13.2 Å². The third-order valence-electron chi connectivity index (χ3n) is 9.17. The molecule has 0 spiro atoms. The molecule has 0 fully saturated rings. The summed E-state index contributed by atoms with van der Waals surface area (Å²) >= 11 is 0. The van der Waals surface area contributed by atoms with Crippen LogP contribution >= 0.6 is 0 Å². The highest BCUT2D eigenvalue weighted by atomic mass is 16.6. The highest BCUT2D eigenvalue weighted by Gasteiger charge is 2.16. The molecule has 0 radical (unpaired) electrons. The van der Waals surface area contributed by atoms with Crippen LogP contribution in [-0.2, 0) is 19.1 Å². The summed E-state index contributed by atoms with van der Waals surface area (Å²) in [7, 11) is 1.44. The summed E-state index contributed by atoms with van der Waals surface area (Å²) in [5, 5.41) is 0. The number of hydrogen-bond donors (Lipinski definition) is 0. The monoisotopic (exact) mass is 800 g/mol. The standard InChI is InChI=1S/C47H60O11/c1-4-44(48)55-34-20-16-12-8-6-10-14-18-32-53-39-26-22-37(23-27-39)46(50)57-41-30-31-42(43(36-41)52-3)58-47(51)38-24-28-40(29-25-38)54-33-19-15-11-7-9-13-17-21-35-56-45(49)5-2/h4-5,22-31,36H,1-2,6-21,32-35H2,3H3. The van der Waals surface area contributed by atoms with Gasteiger partial charge in [-0.3, -0.25) is 0 Å². The second kappa shape index (κ2) is 28.8. The fourth-order valence-electron chi connectivity index (χ4n) is 5.87. The second-order valence-corrected chi connectivity index (χ2v) is 13.7. The zero-order valence-corrected chi connectivity index (χ0v) is 34.1. The van der Waals surface area contributed by atoms with Gasteiger partial charge in [-0.25, -0.2) is 19.2 Å². The smallest absolute Gasteiger partial charge is 0.343 e. The normalized spacial score (nSPS) is 10.6.